The van der Waals surface area contributed by atoms with Gasteiger partial charge in [0.05, 0.1) is 13.2 Å². The summed E-state index contributed by atoms with van der Waals surface area (Å²) in [7, 11) is 1.69. The van der Waals surface area contributed by atoms with Crippen molar-refractivity contribution in [1.29, 1.82) is 0 Å². The topological polar surface area (TPSA) is 21.3 Å². The lowest BCUT2D eigenvalue weighted by atomic mass is 9.92. The van der Waals surface area contributed by atoms with Gasteiger partial charge >= 0.3 is 0 Å². The Morgan fingerprint density at radius 3 is 2.43 bits per heavy atom. The lowest BCUT2D eigenvalue weighted by Crippen LogP contribution is -2.23. The average molecular weight is 304 g/mol. The molecule has 2 rings (SSSR count). The minimum atomic E-state index is 0.139. The first-order valence-corrected chi connectivity index (χ1v) is 7.58. The Hall–Kier alpha value is -1.51. The van der Waals surface area contributed by atoms with Gasteiger partial charge in [0, 0.05) is 5.02 Å². The molecule has 1 unspecified atom stereocenters. The summed E-state index contributed by atoms with van der Waals surface area (Å²) in [5.41, 5.74) is 4.92. The molecule has 0 heterocycles. The molecule has 2 aromatic carbocycles. The minimum Gasteiger partial charge on any atom is -0.497 e. The number of halogens is 1. The number of aryl methyl sites for hydroxylation is 2. The molecule has 3 heteroatoms. The van der Waals surface area contributed by atoms with Gasteiger partial charge < -0.3 is 10.1 Å². The maximum atomic E-state index is 6.19. The first-order valence-electron chi connectivity index (χ1n) is 7.20. The molecule has 0 fully saturated rings. The average Bonchev–Trinajstić information content (AvgIpc) is 2.48. The lowest BCUT2D eigenvalue weighted by Gasteiger charge is -2.23. The molecule has 0 bridgehead atoms. The molecule has 0 amide bonds. The van der Waals surface area contributed by atoms with E-state index in [2.05, 4.69) is 44.3 Å². The van der Waals surface area contributed by atoms with Crippen molar-refractivity contribution in [1.82, 2.24) is 5.32 Å². The van der Waals surface area contributed by atoms with Crippen LogP contribution in [0.1, 0.15) is 35.2 Å². The number of nitrogens with one attached hydrogen (secondary N) is 1. The maximum Gasteiger partial charge on any atom is 0.119 e. The van der Waals surface area contributed by atoms with Gasteiger partial charge in [-0.2, -0.15) is 0 Å². The smallest absolute Gasteiger partial charge is 0.119 e. The van der Waals surface area contributed by atoms with E-state index in [1.165, 1.54) is 22.3 Å². The summed E-state index contributed by atoms with van der Waals surface area (Å²) in [5.74, 6) is 0.884. The molecular weight excluding hydrogens is 282 g/mol. The summed E-state index contributed by atoms with van der Waals surface area (Å²) in [6.45, 7) is 7.24. The van der Waals surface area contributed by atoms with Crippen LogP contribution in [0.3, 0.4) is 0 Å². The summed E-state index contributed by atoms with van der Waals surface area (Å²) < 4.78 is 5.30. The second-order valence-electron chi connectivity index (χ2n) is 5.21. The molecule has 2 aromatic rings. The van der Waals surface area contributed by atoms with E-state index in [0.29, 0.717) is 0 Å². The zero-order valence-corrected chi connectivity index (χ0v) is 13.8. The molecule has 112 valence electrons. The van der Waals surface area contributed by atoms with Crippen molar-refractivity contribution in [3.8, 4) is 5.75 Å². The third kappa shape index (κ3) is 3.58. The Morgan fingerprint density at radius 1 is 1.05 bits per heavy atom. The van der Waals surface area contributed by atoms with Crippen molar-refractivity contribution in [2.24, 2.45) is 0 Å². The highest BCUT2D eigenvalue weighted by atomic mass is 35.5. The SMILES string of the molecule is CCNC(c1ccc(OC)cc1C)c1cc(Cl)ccc1C. The van der Waals surface area contributed by atoms with Crippen molar-refractivity contribution in [2.45, 2.75) is 26.8 Å². The monoisotopic (exact) mass is 303 g/mol. The summed E-state index contributed by atoms with van der Waals surface area (Å²) in [6, 6.07) is 12.4. The van der Waals surface area contributed by atoms with Crippen LogP contribution in [0.2, 0.25) is 5.02 Å². The zero-order chi connectivity index (χ0) is 15.4. The van der Waals surface area contributed by atoms with Gasteiger partial charge in [-0.05, 0) is 66.9 Å². The third-order valence-corrected chi connectivity index (χ3v) is 3.98. The molecule has 1 atom stereocenters. The van der Waals surface area contributed by atoms with E-state index >= 15 is 0 Å². The van der Waals surface area contributed by atoms with E-state index in [0.717, 1.165) is 17.3 Å². The van der Waals surface area contributed by atoms with Gasteiger partial charge in [0.2, 0.25) is 0 Å². The van der Waals surface area contributed by atoms with Crippen molar-refractivity contribution in [3.63, 3.8) is 0 Å². The number of methoxy groups -OCH3 is 1. The Morgan fingerprint density at radius 2 is 1.81 bits per heavy atom. The summed E-state index contributed by atoms with van der Waals surface area (Å²) in [4.78, 5) is 0. The van der Waals surface area contributed by atoms with E-state index in [1.54, 1.807) is 7.11 Å². The van der Waals surface area contributed by atoms with Gasteiger partial charge in [0.15, 0.2) is 0 Å². The molecule has 21 heavy (non-hydrogen) atoms. The molecule has 0 saturated heterocycles. The highest BCUT2D eigenvalue weighted by Gasteiger charge is 2.17. The fourth-order valence-corrected chi connectivity index (χ4v) is 2.79. The molecular formula is C18H22ClNO. The second-order valence-corrected chi connectivity index (χ2v) is 5.65. The van der Waals surface area contributed by atoms with Gasteiger partial charge in [0.25, 0.3) is 0 Å². The summed E-state index contributed by atoms with van der Waals surface area (Å²) >= 11 is 6.19. The first kappa shape index (κ1) is 15.9. The number of hydrogen-bond acceptors (Lipinski definition) is 2. The number of benzene rings is 2. The van der Waals surface area contributed by atoms with E-state index < -0.39 is 0 Å². The van der Waals surface area contributed by atoms with E-state index in [-0.39, 0.29) is 6.04 Å². The molecule has 0 aliphatic heterocycles. The van der Waals surface area contributed by atoms with Crippen molar-refractivity contribution < 1.29 is 4.74 Å². The third-order valence-electron chi connectivity index (χ3n) is 3.75. The van der Waals surface area contributed by atoms with E-state index in [1.807, 2.05) is 18.2 Å². The fraction of sp³-hybridized carbons (Fsp3) is 0.333. The van der Waals surface area contributed by atoms with Crippen LogP contribution in [0.5, 0.6) is 5.75 Å². The van der Waals surface area contributed by atoms with Crippen LogP contribution in [-0.2, 0) is 0 Å². The predicted octanol–water partition coefficient (Wildman–Crippen LogP) is 4.66. The minimum absolute atomic E-state index is 0.139. The number of ether oxygens (including phenoxy) is 1. The quantitative estimate of drug-likeness (QED) is 0.867. The van der Waals surface area contributed by atoms with Crippen molar-refractivity contribution in [3.05, 3.63) is 63.7 Å². The maximum absolute atomic E-state index is 6.19. The van der Waals surface area contributed by atoms with Gasteiger partial charge in [-0.25, -0.2) is 0 Å². The van der Waals surface area contributed by atoms with Gasteiger partial charge in [-0.1, -0.05) is 30.7 Å². The summed E-state index contributed by atoms with van der Waals surface area (Å²) in [6.07, 6.45) is 0. The highest BCUT2D eigenvalue weighted by Crippen LogP contribution is 2.30. The van der Waals surface area contributed by atoms with Gasteiger partial charge in [-0.3, -0.25) is 0 Å². The molecule has 1 N–H and O–H groups in total. The van der Waals surface area contributed by atoms with Gasteiger partial charge in [0.1, 0.15) is 5.75 Å². The van der Waals surface area contributed by atoms with Gasteiger partial charge in [-0.15, -0.1) is 0 Å². The van der Waals surface area contributed by atoms with Crippen LogP contribution >= 0.6 is 11.6 Å². The molecule has 0 aliphatic carbocycles. The second kappa shape index (κ2) is 6.97. The standard InChI is InChI=1S/C18H22ClNO/c1-5-20-18(17-11-14(19)7-6-12(17)2)16-9-8-15(21-4)10-13(16)3/h6-11,18,20H,5H2,1-4H3. The number of hydrogen-bond donors (Lipinski definition) is 1. The van der Waals surface area contributed by atoms with Crippen LogP contribution in [0.4, 0.5) is 0 Å². The molecule has 0 aromatic heterocycles. The zero-order valence-electron chi connectivity index (χ0n) is 13.0. The number of rotatable bonds is 5. The molecule has 0 saturated carbocycles. The van der Waals surface area contributed by atoms with Crippen LogP contribution in [-0.4, -0.2) is 13.7 Å². The predicted molar refractivity (Wildman–Crippen MR) is 89.4 cm³/mol. The van der Waals surface area contributed by atoms with Crippen LogP contribution < -0.4 is 10.1 Å². The van der Waals surface area contributed by atoms with Crippen molar-refractivity contribution >= 4 is 11.6 Å². The Kier molecular flexibility index (Phi) is 5.27. The Bertz CT molecular complexity index is 625. The van der Waals surface area contributed by atoms with Crippen molar-refractivity contribution in [2.75, 3.05) is 13.7 Å². The van der Waals surface area contributed by atoms with E-state index in [9.17, 15) is 0 Å². The van der Waals surface area contributed by atoms with Crippen LogP contribution in [0.25, 0.3) is 0 Å². The van der Waals surface area contributed by atoms with Crippen LogP contribution in [0, 0.1) is 13.8 Å². The summed E-state index contributed by atoms with van der Waals surface area (Å²) in [5, 5.41) is 4.33. The molecule has 0 radical (unpaired) electrons. The lowest BCUT2D eigenvalue weighted by molar-refractivity contribution is 0.414. The highest BCUT2D eigenvalue weighted by molar-refractivity contribution is 6.30. The Balaban J connectivity index is 2.50. The first-order chi connectivity index (χ1) is 10.1. The fourth-order valence-electron chi connectivity index (χ4n) is 2.61. The molecule has 2 nitrogen and oxygen atoms in total. The largest absolute Gasteiger partial charge is 0.497 e. The normalized spacial score (nSPS) is 12.2. The Labute approximate surface area is 132 Å². The van der Waals surface area contributed by atoms with Crippen LogP contribution in [0.15, 0.2) is 36.4 Å². The van der Waals surface area contributed by atoms with E-state index in [4.69, 9.17) is 16.3 Å². The molecule has 0 spiro atoms. The molecule has 0 aliphatic rings.